The number of piperidine rings is 1. The van der Waals surface area contributed by atoms with E-state index in [1.807, 2.05) is 0 Å². The van der Waals surface area contributed by atoms with E-state index in [1.165, 1.54) is 0 Å². The summed E-state index contributed by atoms with van der Waals surface area (Å²) >= 11 is 0. The first kappa shape index (κ1) is 15.4. The molecule has 2 atom stereocenters. The van der Waals surface area contributed by atoms with Gasteiger partial charge in [-0.15, -0.1) is 12.8 Å². The van der Waals surface area contributed by atoms with Crippen molar-refractivity contribution in [3.05, 3.63) is 0 Å². The van der Waals surface area contributed by atoms with E-state index in [0.29, 0.717) is 12.5 Å². The highest BCUT2D eigenvalue weighted by Crippen LogP contribution is 2.50. The molecule has 0 amide bonds. The van der Waals surface area contributed by atoms with E-state index in [2.05, 4.69) is 21.6 Å². The zero-order chi connectivity index (χ0) is 14.4. The van der Waals surface area contributed by atoms with Gasteiger partial charge in [0.1, 0.15) is 0 Å². The van der Waals surface area contributed by atoms with Gasteiger partial charge in [-0.3, -0.25) is 9.80 Å². The van der Waals surface area contributed by atoms with Crippen LogP contribution in [0.5, 0.6) is 0 Å². The first-order valence-electron chi connectivity index (χ1n) is 7.30. The van der Waals surface area contributed by atoms with Gasteiger partial charge in [0.15, 0.2) is 0 Å². The average Bonchev–Trinajstić information content (AvgIpc) is 2.95. The number of ether oxygens (including phenoxy) is 1. The van der Waals surface area contributed by atoms with Gasteiger partial charge in [-0.25, -0.2) is 0 Å². The summed E-state index contributed by atoms with van der Waals surface area (Å²) in [5.74, 6) is 7.37. The summed E-state index contributed by atoms with van der Waals surface area (Å²) in [5.41, 5.74) is 0. The van der Waals surface area contributed by atoms with E-state index in [1.54, 1.807) is 0 Å². The Hall–Kier alpha value is -1.04. The zero-order valence-corrected chi connectivity index (χ0v) is 12.0. The molecule has 0 spiro atoms. The highest BCUT2D eigenvalue weighted by molar-refractivity contribution is 5.06. The highest BCUT2D eigenvalue weighted by atomic mass is 16.5. The molecule has 0 aromatic heterocycles. The Morgan fingerprint density at radius 3 is 2.05 bits per heavy atom. The topological polar surface area (TPSA) is 35.9 Å². The molecule has 20 heavy (non-hydrogen) atoms. The second-order valence-corrected chi connectivity index (χ2v) is 5.66. The Kier molecular flexibility index (Phi) is 5.88. The number of fused-ring (bicyclic) bond motifs is 1. The van der Waals surface area contributed by atoms with Crippen LogP contribution in [-0.2, 0) is 4.74 Å². The molecule has 1 N–H and O–H groups in total. The molecule has 0 bridgehead atoms. The fourth-order valence-corrected chi connectivity index (χ4v) is 3.15. The molecular weight excluding hydrogens is 252 g/mol. The van der Waals surface area contributed by atoms with Crippen molar-refractivity contribution in [2.75, 3.05) is 59.1 Å². The number of hydrogen-bond donors (Lipinski definition) is 1. The van der Waals surface area contributed by atoms with Gasteiger partial charge in [0.05, 0.1) is 26.3 Å². The third-order valence-electron chi connectivity index (χ3n) is 4.39. The second-order valence-electron chi connectivity index (χ2n) is 5.66. The third-order valence-corrected chi connectivity index (χ3v) is 4.39. The number of hydrogen-bond acceptors (Lipinski definition) is 4. The molecule has 4 nitrogen and oxygen atoms in total. The minimum absolute atomic E-state index is 0.374. The van der Waals surface area contributed by atoms with Crippen molar-refractivity contribution in [3.8, 4) is 24.7 Å². The Morgan fingerprint density at radius 2 is 1.55 bits per heavy atom. The van der Waals surface area contributed by atoms with Crippen molar-refractivity contribution in [3.63, 3.8) is 0 Å². The highest BCUT2D eigenvalue weighted by Gasteiger charge is 2.54. The van der Waals surface area contributed by atoms with Crippen LogP contribution >= 0.6 is 0 Å². The quantitative estimate of drug-likeness (QED) is 0.721. The molecule has 2 unspecified atom stereocenters. The Labute approximate surface area is 122 Å². The van der Waals surface area contributed by atoms with Crippen LogP contribution in [0.25, 0.3) is 0 Å². The van der Waals surface area contributed by atoms with Crippen LogP contribution in [0.2, 0.25) is 0 Å². The van der Waals surface area contributed by atoms with Gasteiger partial charge in [-0.05, 0) is 17.8 Å². The van der Waals surface area contributed by atoms with Crippen molar-refractivity contribution < 1.29 is 9.84 Å². The summed E-state index contributed by atoms with van der Waals surface area (Å²) in [6.07, 6.45) is 10.3. The number of nitrogens with zero attached hydrogens (tertiary/aromatic N) is 2. The minimum atomic E-state index is 0.374. The molecule has 1 aliphatic carbocycles. The molecule has 0 aromatic rings. The zero-order valence-electron chi connectivity index (χ0n) is 12.0. The van der Waals surface area contributed by atoms with Crippen LogP contribution in [0.1, 0.15) is 0 Å². The van der Waals surface area contributed by atoms with E-state index < -0.39 is 0 Å². The summed E-state index contributed by atoms with van der Waals surface area (Å²) in [6.45, 7) is 7.80. The number of aliphatic hydroxyl groups excluding tert-OH is 1. The van der Waals surface area contributed by atoms with Crippen LogP contribution < -0.4 is 0 Å². The number of terminal acetylenes is 2. The van der Waals surface area contributed by atoms with Crippen LogP contribution in [-0.4, -0.2) is 74.0 Å². The van der Waals surface area contributed by atoms with E-state index in [-0.39, 0.29) is 0 Å². The Bertz CT molecular complexity index is 367. The van der Waals surface area contributed by atoms with Gasteiger partial charge in [-0.1, -0.05) is 11.8 Å². The van der Waals surface area contributed by atoms with E-state index >= 15 is 0 Å². The van der Waals surface area contributed by atoms with Crippen LogP contribution in [0.15, 0.2) is 0 Å². The van der Waals surface area contributed by atoms with Gasteiger partial charge in [-0.2, -0.15) is 0 Å². The maximum absolute atomic E-state index is 8.87. The summed E-state index contributed by atoms with van der Waals surface area (Å²) in [4.78, 5) is 4.50. The molecule has 3 rings (SSSR count). The Morgan fingerprint density at radius 1 is 1.00 bits per heavy atom. The van der Waals surface area contributed by atoms with Gasteiger partial charge < -0.3 is 9.84 Å². The molecule has 2 heterocycles. The van der Waals surface area contributed by atoms with Crippen LogP contribution in [0, 0.1) is 42.4 Å². The van der Waals surface area contributed by atoms with E-state index in [4.69, 9.17) is 22.7 Å². The number of morpholine rings is 1. The molecule has 4 heteroatoms. The standard InChI is InChI=1S/C9H13NO.C7H11NO/c1-2-3-10-4-7-8(5-10)9(7)6-11;1-2-3-8-4-6-9-7-5-8/h1,7-9,11H,3-6H2;1H,3-7H2. The average molecular weight is 276 g/mol. The molecule has 3 fully saturated rings. The summed E-state index contributed by atoms with van der Waals surface area (Å²) in [7, 11) is 0. The molecule has 0 aromatic carbocycles. The van der Waals surface area contributed by atoms with Crippen molar-refractivity contribution in [2.24, 2.45) is 17.8 Å². The SMILES string of the molecule is C#CCN1CC2C(CO)C2C1.C#CCN1CCOCC1. The monoisotopic (exact) mass is 276 g/mol. The van der Waals surface area contributed by atoms with Crippen LogP contribution in [0.3, 0.4) is 0 Å². The number of aliphatic hydroxyl groups is 1. The first-order valence-corrected chi connectivity index (χ1v) is 7.30. The molecular formula is C16H24N2O2. The van der Waals surface area contributed by atoms with E-state index in [9.17, 15) is 0 Å². The van der Waals surface area contributed by atoms with Crippen LogP contribution in [0.4, 0.5) is 0 Å². The van der Waals surface area contributed by atoms with Gasteiger partial charge in [0, 0.05) is 32.8 Å². The predicted molar refractivity (Wildman–Crippen MR) is 78.9 cm³/mol. The Balaban J connectivity index is 0.000000151. The fourth-order valence-electron chi connectivity index (χ4n) is 3.15. The van der Waals surface area contributed by atoms with E-state index in [0.717, 1.165) is 64.3 Å². The lowest BCUT2D eigenvalue weighted by molar-refractivity contribution is 0.0444. The normalized spacial score (nSPS) is 32.5. The van der Waals surface area contributed by atoms with Crippen molar-refractivity contribution in [2.45, 2.75) is 0 Å². The fraction of sp³-hybridized carbons (Fsp3) is 0.750. The molecule has 110 valence electrons. The molecule has 0 radical (unpaired) electrons. The third kappa shape index (κ3) is 3.98. The summed E-state index contributed by atoms with van der Waals surface area (Å²) in [5, 5.41) is 8.87. The smallest absolute Gasteiger partial charge is 0.0600 e. The lowest BCUT2D eigenvalue weighted by Gasteiger charge is -2.23. The molecule has 2 saturated heterocycles. The minimum Gasteiger partial charge on any atom is -0.396 e. The second kappa shape index (κ2) is 7.67. The number of likely N-dealkylation sites (tertiary alicyclic amines) is 1. The van der Waals surface area contributed by atoms with Crippen molar-refractivity contribution in [1.82, 2.24) is 9.80 Å². The maximum Gasteiger partial charge on any atom is 0.0600 e. The molecule has 1 saturated carbocycles. The summed E-state index contributed by atoms with van der Waals surface area (Å²) < 4.78 is 5.14. The van der Waals surface area contributed by atoms with Gasteiger partial charge in [0.25, 0.3) is 0 Å². The lowest BCUT2D eigenvalue weighted by atomic mass is 10.3. The molecule has 2 aliphatic heterocycles. The maximum atomic E-state index is 8.87. The number of rotatable bonds is 3. The summed E-state index contributed by atoms with van der Waals surface area (Å²) in [6, 6.07) is 0. The predicted octanol–water partition coefficient (Wildman–Crippen LogP) is -0.258. The first-order chi connectivity index (χ1) is 9.80. The molecule has 3 aliphatic rings. The lowest BCUT2D eigenvalue weighted by Crippen LogP contribution is -2.36. The van der Waals surface area contributed by atoms with Crippen molar-refractivity contribution in [1.29, 1.82) is 0 Å². The largest absolute Gasteiger partial charge is 0.396 e. The van der Waals surface area contributed by atoms with Crippen molar-refractivity contribution >= 4 is 0 Å². The van der Waals surface area contributed by atoms with Gasteiger partial charge in [0.2, 0.25) is 0 Å². The van der Waals surface area contributed by atoms with Gasteiger partial charge >= 0.3 is 0 Å².